The van der Waals surface area contributed by atoms with Crippen molar-refractivity contribution in [3.8, 4) is 0 Å². The van der Waals surface area contributed by atoms with Gasteiger partial charge in [-0.05, 0) is 18.4 Å². The molecule has 1 aliphatic rings. The molecule has 2 aromatic rings. The largest absolute Gasteiger partial charge is 0.338 e. The van der Waals surface area contributed by atoms with Crippen molar-refractivity contribution in [3.05, 3.63) is 47.7 Å². The van der Waals surface area contributed by atoms with Crippen molar-refractivity contribution in [1.82, 2.24) is 10.1 Å². The Morgan fingerprint density at radius 1 is 1.29 bits per heavy atom. The van der Waals surface area contributed by atoms with E-state index in [1.165, 1.54) is 5.56 Å². The number of carbonyl (C=O) groups excluding carboxylic acids is 1. The molecule has 0 atom stereocenters. The van der Waals surface area contributed by atoms with E-state index in [0.717, 1.165) is 25.1 Å². The van der Waals surface area contributed by atoms with Gasteiger partial charge in [-0.25, -0.2) is 0 Å². The summed E-state index contributed by atoms with van der Waals surface area (Å²) in [7, 11) is 0. The summed E-state index contributed by atoms with van der Waals surface area (Å²) in [6.07, 6.45) is 2.33. The number of nitrogens with one attached hydrogen (secondary N) is 1. The Bertz CT molecular complexity index is 684. The molecule has 1 aromatic heterocycles. The summed E-state index contributed by atoms with van der Waals surface area (Å²) in [4.78, 5) is 14.6. The van der Waals surface area contributed by atoms with Crippen molar-refractivity contribution in [2.45, 2.75) is 51.6 Å². The van der Waals surface area contributed by atoms with E-state index in [9.17, 15) is 4.79 Å². The van der Waals surface area contributed by atoms with Gasteiger partial charge >= 0.3 is 0 Å². The van der Waals surface area contributed by atoms with Gasteiger partial charge in [-0.2, -0.15) is 0 Å². The fourth-order valence-corrected chi connectivity index (χ4v) is 2.62. The Labute approximate surface area is 143 Å². The van der Waals surface area contributed by atoms with Crippen LogP contribution in [-0.2, 0) is 16.8 Å². The van der Waals surface area contributed by atoms with Crippen LogP contribution < -0.4 is 5.32 Å². The Morgan fingerprint density at radius 3 is 2.58 bits per heavy atom. The minimum atomic E-state index is -0.0974. The molecule has 1 aliphatic carbocycles. The Hall–Kier alpha value is -2.14. The zero-order valence-corrected chi connectivity index (χ0v) is 14.6. The molecule has 0 bridgehead atoms. The van der Waals surface area contributed by atoms with Crippen LogP contribution in [0.5, 0.6) is 0 Å². The van der Waals surface area contributed by atoms with E-state index in [-0.39, 0.29) is 11.3 Å². The first kappa shape index (κ1) is 16.7. The quantitative estimate of drug-likeness (QED) is 0.881. The van der Waals surface area contributed by atoms with Gasteiger partial charge in [0, 0.05) is 24.1 Å². The molecule has 1 amide bonds. The van der Waals surface area contributed by atoms with Crippen LogP contribution in [0.15, 0.2) is 40.9 Å². The number of hydrogen-bond donors (Lipinski definition) is 1. The summed E-state index contributed by atoms with van der Waals surface area (Å²) in [5, 5.41) is 6.86. The highest BCUT2D eigenvalue weighted by Gasteiger charge is 2.30. The van der Waals surface area contributed by atoms with Gasteiger partial charge in [0.15, 0.2) is 0 Å². The van der Waals surface area contributed by atoms with Crippen molar-refractivity contribution in [1.29, 1.82) is 0 Å². The zero-order chi connectivity index (χ0) is 17.2. The Balaban J connectivity index is 1.59. The molecule has 24 heavy (non-hydrogen) atoms. The normalized spacial score (nSPS) is 14.8. The highest BCUT2D eigenvalue weighted by atomic mass is 16.5. The van der Waals surface area contributed by atoms with Gasteiger partial charge in [-0.3, -0.25) is 15.0 Å². The summed E-state index contributed by atoms with van der Waals surface area (Å²) in [5.74, 6) is 0.356. The number of anilines is 1. The summed E-state index contributed by atoms with van der Waals surface area (Å²) < 4.78 is 5.24. The first-order valence-electron chi connectivity index (χ1n) is 8.47. The van der Waals surface area contributed by atoms with Crippen LogP contribution in [0.3, 0.4) is 0 Å². The minimum absolute atomic E-state index is 0.0607. The van der Waals surface area contributed by atoms with Crippen molar-refractivity contribution < 1.29 is 9.32 Å². The van der Waals surface area contributed by atoms with Gasteiger partial charge < -0.3 is 4.52 Å². The summed E-state index contributed by atoms with van der Waals surface area (Å²) >= 11 is 0. The maximum atomic E-state index is 12.4. The van der Waals surface area contributed by atoms with E-state index in [0.29, 0.717) is 18.5 Å². The molecule has 5 heteroatoms. The highest BCUT2D eigenvalue weighted by Crippen LogP contribution is 2.28. The molecule has 1 heterocycles. The minimum Gasteiger partial charge on any atom is -0.338 e. The average molecular weight is 327 g/mol. The van der Waals surface area contributed by atoms with Gasteiger partial charge in [-0.1, -0.05) is 56.3 Å². The molecule has 1 N–H and O–H groups in total. The molecule has 1 saturated carbocycles. The van der Waals surface area contributed by atoms with Crippen molar-refractivity contribution in [2.24, 2.45) is 0 Å². The first-order chi connectivity index (χ1) is 11.4. The standard InChI is InChI=1S/C19H25N3O2/c1-19(2,3)16-11-18(24-21-16)20-17(23)13-22(15-9-10-15)12-14-7-5-4-6-8-14/h4-8,11,15H,9-10,12-13H2,1-3H3,(H,20,23). The molecule has 3 rings (SSSR count). The van der Waals surface area contributed by atoms with E-state index in [2.05, 4.69) is 48.3 Å². The molecule has 0 radical (unpaired) electrons. The second-order valence-corrected chi connectivity index (χ2v) is 7.50. The molecule has 0 aliphatic heterocycles. The van der Waals surface area contributed by atoms with E-state index < -0.39 is 0 Å². The molecule has 128 valence electrons. The average Bonchev–Trinajstić information content (AvgIpc) is 3.26. The monoisotopic (exact) mass is 327 g/mol. The number of nitrogens with zero attached hydrogens (tertiary/aromatic N) is 2. The smallest absolute Gasteiger partial charge is 0.240 e. The lowest BCUT2D eigenvalue weighted by Gasteiger charge is -2.21. The van der Waals surface area contributed by atoms with E-state index in [1.807, 2.05) is 18.2 Å². The van der Waals surface area contributed by atoms with Crippen LogP contribution >= 0.6 is 0 Å². The van der Waals surface area contributed by atoms with Crippen molar-refractivity contribution in [2.75, 3.05) is 11.9 Å². The molecule has 0 unspecified atom stereocenters. The third-order valence-corrected chi connectivity index (χ3v) is 4.18. The fourth-order valence-electron chi connectivity index (χ4n) is 2.62. The SMILES string of the molecule is CC(C)(C)c1cc(NC(=O)CN(Cc2ccccc2)C2CC2)on1. The second-order valence-electron chi connectivity index (χ2n) is 7.50. The number of carbonyl (C=O) groups is 1. The van der Waals surface area contributed by atoms with Crippen LogP contribution in [0.1, 0.15) is 44.9 Å². The van der Waals surface area contributed by atoms with Crippen molar-refractivity contribution in [3.63, 3.8) is 0 Å². The third kappa shape index (κ3) is 4.45. The number of rotatable bonds is 6. The molecular weight excluding hydrogens is 302 g/mol. The van der Waals surface area contributed by atoms with Gasteiger partial charge in [0.1, 0.15) is 0 Å². The van der Waals surface area contributed by atoms with Crippen LogP contribution in [0.25, 0.3) is 0 Å². The van der Waals surface area contributed by atoms with Crippen LogP contribution in [0.2, 0.25) is 0 Å². The van der Waals surface area contributed by atoms with Crippen molar-refractivity contribution >= 4 is 11.8 Å². The molecular formula is C19H25N3O2. The number of hydrogen-bond acceptors (Lipinski definition) is 4. The van der Waals surface area contributed by atoms with E-state index in [1.54, 1.807) is 6.07 Å². The number of amides is 1. The lowest BCUT2D eigenvalue weighted by atomic mass is 9.92. The van der Waals surface area contributed by atoms with Gasteiger partial charge in [0.05, 0.1) is 12.2 Å². The van der Waals surface area contributed by atoms with Crippen LogP contribution in [0, 0.1) is 0 Å². The number of aromatic nitrogens is 1. The topological polar surface area (TPSA) is 58.4 Å². The van der Waals surface area contributed by atoms with Gasteiger partial charge in [0.25, 0.3) is 0 Å². The Kier molecular flexibility index (Phi) is 4.71. The maximum Gasteiger partial charge on any atom is 0.240 e. The molecule has 1 fully saturated rings. The first-order valence-corrected chi connectivity index (χ1v) is 8.47. The summed E-state index contributed by atoms with van der Waals surface area (Å²) in [5.41, 5.74) is 1.97. The Morgan fingerprint density at radius 2 is 2.00 bits per heavy atom. The van der Waals surface area contributed by atoms with E-state index in [4.69, 9.17) is 4.52 Å². The predicted octanol–water partition coefficient (Wildman–Crippen LogP) is 3.58. The lowest BCUT2D eigenvalue weighted by molar-refractivity contribution is -0.117. The fraction of sp³-hybridized carbons (Fsp3) is 0.474. The third-order valence-electron chi connectivity index (χ3n) is 4.18. The highest BCUT2D eigenvalue weighted by molar-refractivity contribution is 5.91. The molecule has 0 saturated heterocycles. The predicted molar refractivity (Wildman–Crippen MR) is 93.7 cm³/mol. The van der Waals surface area contributed by atoms with Gasteiger partial charge in [-0.15, -0.1) is 0 Å². The zero-order valence-electron chi connectivity index (χ0n) is 14.6. The second kappa shape index (κ2) is 6.77. The molecule has 1 aromatic carbocycles. The molecule has 0 spiro atoms. The summed E-state index contributed by atoms with van der Waals surface area (Å²) in [6, 6.07) is 12.6. The number of benzene rings is 1. The van der Waals surface area contributed by atoms with Gasteiger partial charge in [0.2, 0.25) is 11.8 Å². The van der Waals surface area contributed by atoms with Crippen LogP contribution in [0.4, 0.5) is 5.88 Å². The lowest BCUT2D eigenvalue weighted by Crippen LogP contribution is -2.34. The van der Waals surface area contributed by atoms with Crippen LogP contribution in [-0.4, -0.2) is 28.6 Å². The molecule has 5 nitrogen and oxygen atoms in total. The summed E-state index contributed by atoms with van der Waals surface area (Å²) in [6.45, 7) is 7.34. The maximum absolute atomic E-state index is 12.4. The van der Waals surface area contributed by atoms with E-state index >= 15 is 0 Å².